The van der Waals surface area contributed by atoms with E-state index >= 15 is 0 Å². The van der Waals surface area contributed by atoms with Crippen LogP contribution in [0.2, 0.25) is 0 Å². The highest BCUT2D eigenvalue weighted by Gasteiger charge is 2.23. The lowest BCUT2D eigenvalue weighted by atomic mass is 9.93. The summed E-state index contributed by atoms with van der Waals surface area (Å²) in [4.78, 5) is 6.80. The number of likely N-dealkylation sites (tertiary alicyclic amines) is 1. The van der Waals surface area contributed by atoms with Crippen molar-refractivity contribution in [3.8, 4) is 0 Å². The molecule has 1 atom stereocenters. The van der Waals surface area contributed by atoms with Crippen molar-refractivity contribution < 1.29 is 0 Å². The summed E-state index contributed by atoms with van der Waals surface area (Å²) in [6, 6.07) is 4.14. The zero-order valence-corrected chi connectivity index (χ0v) is 10.4. The van der Waals surface area contributed by atoms with Crippen LogP contribution in [-0.2, 0) is 7.05 Å². The molecule has 0 bridgehead atoms. The molecule has 3 rings (SSSR count). The van der Waals surface area contributed by atoms with Crippen molar-refractivity contribution in [3.63, 3.8) is 0 Å². The minimum atomic E-state index is 0.557. The molecule has 1 aliphatic rings. The van der Waals surface area contributed by atoms with Crippen LogP contribution in [0.15, 0.2) is 18.3 Å². The predicted octanol–water partition coefficient (Wildman–Crippen LogP) is 1.78. The molecule has 3 heterocycles. The van der Waals surface area contributed by atoms with E-state index in [4.69, 9.17) is 0 Å². The first-order chi connectivity index (χ1) is 8.25. The molecule has 0 aliphatic carbocycles. The van der Waals surface area contributed by atoms with E-state index in [2.05, 4.69) is 28.1 Å². The smallest absolute Gasteiger partial charge is 0.157 e. The van der Waals surface area contributed by atoms with Crippen LogP contribution in [0, 0.1) is 0 Å². The van der Waals surface area contributed by atoms with Gasteiger partial charge in [0.2, 0.25) is 0 Å². The van der Waals surface area contributed by atoms with Crippen molar-refractivity contribution in [2.45, 2.75) is 18.8 Å². The average molecular weight is 230 g/mol. The Bertz CT molecular complexity index is 531. The van der Waals surface area contributed by atoms with Crippen LogP contribution in [0.3, 0.4) is 0 Å². The van der Waals surface area contributed by atoms with E-state index in [0.717, 1.165) is 12.2 Å². The fraction of sp³-hybridized carbons (Fsp3) is 0.538. The van der Waals surface area contributed by atoms with Gasteiger partial charge in [-0.1, -0.05) is 0 Å². The van der Waals surface area contributed by atoms with Crippen LogP contribution in [0.1, 0.15) is 24.5 Å². The number of rotatable bonds is 1. The first-order valence-corrected chi connectivity index (χ1v) is 6.22. The van der Waals surface area contributed by atoms with Crippen molar-refractivity contribution in [1.29, 1.82) is 0 Å². The fourth-order valence-corrected chi connectivity index (χ4v) is 2.81. The lowest BCUT2D eigenvalue weighted by Crippen LogP contribution is -2.31. The first kappa shape index (κ1) is 10.7. The molecule has 1 aliphatic heterocycles. The Morgan fingerprint density at radius 2 is 2.24 bits per heavy atom. The molecule has 0 radical (unpaired) electrons. The average Bonchev–Trinajstić information content (AvgIpc) is 2.68. The zero-order chi connectivity index (χ0) is 11.8. The Balaban J connectivity index is 2.05. The Hall–Kier alpha value is -1.42. The monoisotopic (exact) mass is 230 g/mol. The Labute approximate surface area is 101 Å². The molecule has 0 N–H and O–H groups in total. The number of aryl methyl sites for hydroxylation is 1. The maximum Gasteiger partial charge on any atom is 0.157 e. The summed E-state index contributed by atoms with van der Waals surface area (Å²) in [5.74, 6) is 0.557. The summed E-state index contributed by atoms with van der Waals surface area (Å²) >= 11 is 0. The first-order valence-electron chi connectivity index (χ1n) is 6.22. The molecule has 4 nitrogen and oxygen atoms in total. The number of piperidine rings is 1. The van der Waals surface area contributed by atoms with Crippen molar-refractivity contribution in [2.24, 2.45) is 7.05 Å². The molecule has 2 aromatic heterocycles. The van der Waals surface area contributed by atoms with E-state index in [-0.39, 0.29) is 0 Å². The number of likely N-dealkylation sites (N-methyl/N-ethyl adjacent to an activating group) is 1. The van der Waals surface area contributed by atoms with Gasteiger partial charge in [0.1, 0.15) is 0 Å². The highest BCUT2D eigenvalue weighted by molar-refractivity contribution is 5.78. The normalized spacial score (nSPS) is 22.1. The van der Waals surface area contributed by atoms with Crippen LogP contribution >= 0.6 is 0 Å². The van der Waals surface area contributed by atoms with Gasteiger partial charge in [-0.2, -0.15) is 5.10 Å². The number of nitrogens with zero attached hydrogens (tertiary/aromatic N) is 4. The number of hydrogen-bond acceptors (Lipinski definition) is 3. The van der Waals surface area contributed by atoms with Gasteiger partial charge in [0.15, 0.2) is 5.65 Å². The van der Waals surface area contributed by atoms with Crippen LogP contribution < -0.4 is 0 Å². The minimum Gasteiger partial charge on any atom is -0.306 e. The van der Waals surface area contributed by atoms with E-state index in [9.17, 15) is 0 Å². The second-order valence-corrected chi connectivity index (χ2v) is 4.98. The van der Waals surface area contributed by atoms with Gasteiger partial charge in [0.25, 0.3) is 0 Å². The van der Waals surface area contributed by atoms with E-state index in [0.29, 0.717) is 5.92 Å². The van der Waals surface area contributed by atoms with Crippen molar-refractivity contribution in [3.05, 3.63) is 24.0 Å². The van der Waals surface area contributed by atoms with E-state index in [1.807, 2.05) is 24.0 Å². The van der Waals surface area contributed by atoms with Gasteiger partial charge in [0, 0.05) is 31.1 Å². The quantitative estimate of drug-likeness (QED) is 0.749. The third-order valence-corrected chi connectivity index (χ3v) is 3.64. The molecule has 0 amide bonds. The Kier molecular flexibility index (Phi) is 2.59. The highest BCUT2D eigenvalue weighted by atomic mass is 15.3. The Morgan fingerprint density at radius 3 is 3.06 bits per heavy atom. The topological polar surface area (TPSA) is 34.0 Å². The lowest BCUT2D eigenvalue weighted by molar-refractivity contribution is 0.248. The molecule has 2 aromatic rings. The van der Waals surface area contributed by atoms with Gasteiger partial charge < -0.3 is 4.90 Å². The highest BCUT2D eigenvalue weighted by Crippen LogP contribution is 2.29. The summed E-state index contributed by atoms with van der Waals surface area (Å²) in [5.41, 5.74) is 2.22. The molecular formula is C13H18N4. The second kappa shape index (κ2) is 4.11. The maximum absolute atomic E-state index is 4.68. The van der Waals surface area contributed by atoms with Crippen molar-refractivity contribution >= 4 is 11.0 Å². The number of hydrogen-bond donors (Lipinski definition) is 0. The minimum absolute atomic E-state index is 0.557. The number of fused-ring (bicyclic) bond motifs is 1. The summed E-state index contributed by atoms with van der Waals surface area (Å²) in [6.07, 6.45) is 4.34. The molecule has 1 fully saturated rings. The van der Waals surface area contributed by atoms with Gasteiger partial charge in [0.05, 0.1) is 5.69 Å². The van der Waals surface area contributed by atoms with Crippen LogP contribution in [0.25, 0.3) is 11.0 Å². The molecule has 4 heteroatoms. The molecule has 0 saturated carbocycles. The third kappa shape index (κ3) is 1.82. The summed E-state index contributed by atoms with van der Waals surface area (Å²) in [6.45, 7) is 2.32. The summed E-state index contributed by atoms with van der Waals surface area (Å²) < 4.78 is 1.90. The van der Waals surface area contributed by atoms with E-state index < -0.39 is 0 Å². The van der Waals surface area contributed by atoms with Gasteiger partial charge in [-0.15, -0.1) is 0 Å². The molecule has 90 valence electrons. The number of pyridine rings is 1. The van der Waals surface area contributed by atoms with Gasteiger partial charge in [-0.25, -0.2) is 4.98 Å². The molecule has 1 unspecified atom stereocenters. The van der Waals surface area contributed by atoms with Crippen LogP contribution in [0.4, 0.5) is 0 Å². The molecular weight excluding hydrogens is 212 g/mol. The third-order valence-electron chi connectivity index (χ3n) is 3.64. The second-order valence-electron chi connectivity index (χ2n) is 4.98. The predicted molar refractivity (Wildman–Crippen MR) is 68.0 cm³/mol. The fourth-order valence-electron chi connectivity index (χ4n) is 2.81. The van der Waals surface area contributed by atoms with E-state index in [1.54, 1.807) is 0 Å². The van der Waals surface area contributed by atoms with Crippen molar-refractivity contribution in [2.75, 3.05) is 20.1 Å². The molecule has 0 aromatic carbocycles. The van der Waals surface area contributed by atoms with E-state index in [1.165, 1.54) is 30.5 Å². The molecule has 0 spiro atoms. The van der Waals surface area contributed by atoms with Crippen LogP contribution in [0.5, 0.6) is 0 Å². The van der Waals surface area contributed by atoms with Gasteiger partial charge in [-0.3, -0.25) is 4.68 Å². The lowest BCUT2D eigenvalue weighted by Gasteiger charge is -2.28. The maximum atomic E-state index is 4.68. The van der Waals surface area contributed by atoms with Crippen molar-refractivity contribution in [1.82, 2.24) is 19.7 Å². The van der Waals surface area contributed by atoms with Crippen LogP contribution in [-0.4, -0.2) is 39.8 Å². The Morgan fingerprint density at radius 1 is 1.35 bits per heavy atom. The number of aromatic nitrogens is 3. The SMILES string of the molecule is CN1CCCC(c2nn(C)c3ncccc23)C1. The van der Waals surface area contributed by atoms with Gasteiger partial charge >= 0.3 is 0 Å². The summed E-state index contributed by atoms with van der Waals surface area (Å²) in [5, 5.41) is 5.89. The molecule has 1 saturated heterocycles. The zero-order valence-electron chi connectivity index (χ0n) is 10.4. The van der Waals surface area contributed by atoms with Gasteiger partial charge in [-0.05, 0) is 38.6 Å². The standard InChI is InChI=1S/C13H18N4/c1-16-8-4-5-10(9-16)12-11-6-3-7-14-13(11)17(2)15-12/h3,6-7,10H,4-5,8-9H2,1-2H3. The largest absolute Gasteiger partial charge is 0.306 e. The summed E-state index contributed by atoms with van der Waals surface area (Å²) in [7, 11) is 4.17. The molecule has 17 heavy (non-hydrogen) atoms.